The first kappa shape index (κ1) is 10.2. The molecule has 2 nitrogen and oxygen atoms in total. The minimum atomic E-state index is 0.941. The maximum absolute atomic E-state index is 3.38. The quantitative estimate of drug-likeness (QED) is 0.784. The van der Waals surface area contributed by atoms with Gasteiger partial charge in [-0.05, 0) is 37.1 Å². The zero-order chi connectivity index (χ0) is 10.7. The van der Waals surface area contributed by atoms with Gasteiger partial charge in [-0.3, -0.25) is 0 Å². The van der Waals surface area contributed by atoms with Gasteiger partial charge in [-0.25, -0.2) is 0 Å². The molecule has 0 aliphatic carbocycles. The normalized spacial score (nSPS) is 15.6. The van der Waals surface area contributed by atoms with Gasteiger partial charge < -0.3 is 10.6 Å². The van der Waals surface area contributed by atoms with Crippen LogP contribution in [0.15, 0.2) is 30.0 Å². The first-order valence-corrected chi connectivity index (χ1v) is 5.49. The Hall–Kier alpha value is -1.28. The van der Waals surface area contributed by atoms with Gasteiger partial charge in [-0.1, -0.05) is 24.3 Å². The molecule has 15 heavy (non-hydrogen) atoms. The van der Waals surface area contributed by atoms with Crippen molar-refractivity contribution in [2.24, 2.45) is 0 Å². The third-order valence-corrected chi connectivity index (χ3v) is 2.90. The molecule has 0 saturated heterocycles. The number of rotatable bonds is 3. The molecule has 0 spiro atoms. The molecule has 0 amide bonds. The van der Waals surface area contributed by atoms with Crippen molar-refractivity contribution >= 4 is 5.57 Å². The van der Waals surface area contributed by atoms with Crippen molar-refractivity contribution in [1.82, 2.24) is 10.6 Å². The molecule has 80 valence electrons. The summed E-state index contributed by atoms with van der Waals surface area (Å²) < 4.78 is 0. The Balaban J connectivity index is 2.20. The first-order valence-electron chi connectivity index (χ1n) is 5.49. The molecular weight excluding hydrogens is 184 g/mol. The Morgan fingerprint density at radius 2 is 2.00 bits per heavy atom. The largest absolute Gasteiger partial charge is 0.388 e. The predicted molar refractivity (Wildman–Crippen MR) is 64.4 cm³/mol. The van der Waals surface area contributed by atoms with E-state index in [9.17, 15) is 0 Å². The Kier molecular flexibility index (Phi) is 3.07. The highest BCUT2D eigenvalue weighted by Gasteiger charge is 2.11. The first-order chi connectivity index (χ1) is 7.31. The Labute approximate surface area is 91.4 Å². The van der Waals surface area contributed by atoms with E-state index in [1.165, 1.54) is 22.4 Å². The van der Waals surface area contributed by atoms with Crippen molar-refractivity contribution < 1.29 is 0 Å². The van der Waals surface area contributed by atoms with Crippen LogP contribution in [0, 0.1) is 0 Å². The molecular formula is C13H18N2. The average molecular weight is 202 g/mol. The van der Waals surface area contributed by atoms with E-state index >= 15 is 0 Å². The Morgan fingerprint density at radius 3 is 2.53 bits per heavy atom. The minimum absolute atomic E-state index is 0.941. The van der Waals surface area contributed by atoms with Crippen molar-refractivity contribution in [3.8, 4) is 0 Å². The van der Waals surface area contributed by atoms with Gasteiger partial charge in [0.25, 0.3) is 0 Å². The average Bonchev–Trinajstić information content (AvgIpc) is 2.66. The summed E-state index contributed by atoms with van der Waals surface area (Å²) in [5.74, 6) is 0. The lowest BCUT2D eigenvalue weighted by Gasteiger charge is -2.05. The van der Waals surface area contributed by atoms with Crippen molar-refractivity contribution in [1.29, 1.82) is 0 Å². The summed E-state index contributed by atoms with van der Waals surface area (Å²) in [6.45, 7) is 4.18. The standard InChI is InChI=1S/C13H18N2/c1-10-13(7-8-15-10)12-5-3-11(4-6-12)9-14-2/h3-6,14-15H,7-9H2,1-2H3. The van der Waals surface area contributed by atoms with Crippen molar-refractivity contribution in [2.75, 3.05) is 13.6 Å². The second-order valence-electron chi connectivity index (χ2n) is 4.01. The molecule has 0 saturated carbocycles. The highest BCUT2D eigenvalue weighted by atomic mass is 14.9. The van der Waals surface area contributed by atoms with E-state index in [2.05, 4.69) is 41.8 Å². The zero-order valence-corrected chi connectivity index (χ0v) is 9.43. The molecule has 1 aliphatic heterocycles. The molecule has 0 radical (unpaired) electrons. The van der Waals surface area contributed by atoms with Crippen molar-refractivity contribution in [3.63, 3.8) is 0 Å². The van der Waals surface area contributed by atoms with Gasteiger partial charge in [0, 0.05) is 18.8 Å². The van der Waals surface area contributed by atoms with Gasteiger partial charge in [0.2, 0.25) is 0 Å². The summed E-state index contributed by atoms with van der Waals surface area (Å²) in [5, 5.41) is 6.53. The van der Waals surface area contributed by atoms with Crippen LogP contribution in [-0.2, 0) is 6.54 Å². The Morgan fingerprint density at radius 1 is 1.27 bits per heavy atom. The highest BCUT2D eigenvalue weighted by molar-refractivity contribution is 5.70. The molecule has 1 aromatic carbocycles. The zero-order valence-electron chi connectivity index (χ0n) is 9.43. The molecule has 2 heteroatoms. The minimum Gasteiger partial charge on any atom is -0.388 e. The molecule has 0 fully saturated rings. The van der Waals surface area contributed by atoms with Crippen LogP contribution in [0.4, 0.5) is 0 Å². The molecule has 2 N–H and O–H groups in total. The van der Waals surface area contributed by atoms with Crippen LogP contribution in [0.2, 0.25) is 0 Å². The fourth-order valence-electron chi connectivity index (χ4n) is 2.06. The summed E-state index contributed by atoms with van der Waals surface area (Å²) in [5.41, 5.74) is 5.49. The van der Waals surface area contributed by atoms with Gasteiger partial charge in [-0.2, -0.15) is 0 Å². The fraction of sp³-hybridized carbons (Fsp3) is 0.385. The lowest BCUT2D eigenvalue weighted by molar-refractivity contribution is 0.818. The predicted octanol–water partition coefficient (Wildman–Crippen LogP) is 2.13. The Bertz CT molecular complexity index is 363. The number of benzene rings is 1. The lowest BCUT2D eigenvalue weighted by atomic mass is 10.0. The number of nitrogens with one attached hydrogen (secondary N) is 2. The third-order valence-electron chi connectivity index (χ3n) is 2.90. The maximum atomic E-state index is 3.38. The van der Waals surface area contributed by atoms with Crippen molar-refractivity contribution in [3.05, 3.63) is 41.1 Å². The van der Waals surface area contributed by atoms with Crippen LogP contribution in [0.5, 0.6) is 0 Å². The van der Waals surface area contributed by atoms with Crippen LogP contribution in [0.3, 0.4) is 0 Å². The molecule has 0 unspecified atom stereocenters. The van der Waals surface area contributed by atoms with Crippen LogP contribution in [0.25, 0.3) is 5.57 Å². The van der Waals surface area contributed by atoms with Gasteiger partial charge in [0.05, 0.1) is 0 Å². The van der Waals surface area contributed by atoms with Crippen LogP contribution in [-0.4, -0.2) is 13.6 Å². The molecule has 1 aromatic rings. The molecule has 1 heterocycles. The summed E-state index contributed by atoms with van der Waals surface area (Å²) >= 11 is 0. The number of allylic oxidation sites excluding steroid dienone is 1. The maximum Gasteiger partial charge on any atom is 0.0202 e. The van der Waals surface area contributed by atoms with E-state index in [0.717, 1.165) is 19.5 Å². The summed E-state index contributed by atoms with van der Waals surface area (Å²) in [6, 6.07) is 8.84. The van der Waals surface area contributed by atoms with Crippen LogP contribution in [0.1, 0.15) is 24.5 Å². The smallest absolute Gasteiger partial charge is 0.0202 e. The van der Waals surface area contributed by atoms with Crippen LogP contribution >= 0.6 is 0 Å². The van der Waals surface area contributed by atoms with E-state index in [-0.39, 0.29) is 0 Å². The lowest BCUT2D eigenvalue weighted by Crippen LogP contribution is -2.04. The SMILES string of the molecule is CNCc1ccc(C2=C(C)NCC2)cc1. The summed E-state index contributed by atoms with van der Waals surface area (Å²) in [7, 11) is 1.97. The second kappa shape index (κ2) is 4.49. The molecule has 1 aliphatic rings. The van der Waals surface area contributed by atoms with E-state index < -0.39 is 0 Å². The van der Waals surface area contributed by atoms with Gasteiger partial charge in [0.1, 0.15) is 0 Å². The fourth-order valence-corrected chi connectivity index (χ4v) is 2.06. The van der Waals surface area contributed by atoms with Gasteiger partial charge in [-0.15, -0.1) is 0 Å². The second-order valence-corrected chi connectivity index (χ2v) is 4.01. The van der Waals surface area contributed by atoms with E-state index in [4.69, 9.17) is 0 Å². The highest BCUT2D eigenvalue weighted by Crippen LogP contribution is 2.24. The van der Waals surface area contributed by atoms with E-state index in [1.54, 1.807) is 0 Å². The van der Waals surface area contributed by atoms with Gasteiger partial charge in [0.15, 0.2) is 0 Å². The van der Waals surface area contributed by atoms with Crippen LogP contribution < -0.4 is 10.6 Å². The molecule has 0 aromatic heterocycles. The van der Waals surface area contributed by atoms with Gasteiger partial charge >= 0.3 is 0 Å². The van der Waals surface area contributed by atoms with E-state index in [1.807, 2.05) is 7.05 Å². The third kappa shape index (κ3) is 2.21. The molecule has 2 rings (SSSR count). The topological polar surface area (TPSA) is 24.1 Å². The summed E-state index contributed by atoms with van der Waals surface area (Å²) in [4.78, 5) is 0. The monoisotopic (exact) mass is 202 g/mol. The molecule has 0 bridgehead atoms. The molecule has 0 atom stereocenters. The number of hydrogen-bond donors (Lipinski definition) is 2. The van der Waals surface area contributed by atoms with E-state index in [0.29, 0.717) is 0 Å². The van der Waals surface area contributed by atoms with Crippen molar-refractivity contribution in [2.45, 2.75) is 19.9 Å². The number of hydrogen-bond acceptors (Lipinski definition) is 2. The summed E-state index contributed by atoms with van der Waals surface area (Å²) in [6.07, 6.45) is 1.15.